The third kappa shape index (κ3) is 5.41. The van der Waals surface area contributed by atoms with Crippen LogP contribution in [0.15, 0.2) is 35.9 Å². The van der Waals surface area contributed by atoms with E-state index in [1.165, 1.54) is 18.4 Å². The number of anilines is 1. The normalized spacial score (nSPS) is 15.2. The molecule has 0 heterocycles. The minimum atomic E-state index is -0.315. The highest BCUT2D eigenvalue weighted by atomic mass is 16.5. The van der Waals surface area contributed by atoms with Gasteiger partial charge in [0.25, 0.3) is 5.91 Å². The predicted octanol–water partition coefficient (Wildman–Crippen LogP) is 3.28. The van der Waals surface area contributed by atoms with Gasteiger partial charge in [-0.2, -0.15) is 0 Å². The van der Waals surface area contributed by atoms with Gasteiger partial charge in [-0.05, 0) is 57.7 Å². The first kappa shape index (κ1) is 18.0. The van der Waals surface area contributed by atoms with Crippen LogP contribution in [-0.4, -0.2) is 31.1 Å². The van der Waals surface area contributed by atoms with Gasteiger partial charge < -0.3 is 15.4 Å². The van der Waals surface area contributed by atoms with Crippen LogP contribution in [0.2, 0.25) is 0 Å². The van der Waals surface area contributed by atoms with Crippen molar-refractivity contribution in [2.24, 2.45) is 0 Å². The Morgan fingerprint density at radius 3 is 2.83 bits per heavy atom. The summed E-state index contributed by atoms with van der Waals surface area (Å²) < 4.78 is 4.87. The summed E-state index contributed by atoms with van der Waals surface area (Å²) in [5, 5.41) is 6.03. The van der Waals surface area contributed by atoms with Crippen molar-refractivity contribution in [3.8, 4) is 0 Å². The third-order valence-corrected chi connectivity index (χ3v) is 4.10. The number of amides is 1. The Labute approximate surface area is 143 Å². The van der Waals surface area contributed by atoms with Crippen LogP contribution in [0.1, 0.15) is 49.9 Å². The minimum absolute atomic E-state index is 0.0500. The molecule has 24 heavy (non-hydrogen) atoms. The first-order valence-corrected chi connectivity index (χ1v) is 8.59. The first-order valence-electron chi connectivity index (χ1n) is 8.59. The van der Waals surface area contributed by atoms with Crippen molar-refractivity contribution in [2.45, 2.75) is 45.6 Å². The Balaban J connectivity index is 1.93. The van der Waals surface area contributed by atoms with Crippen molar-refractivity contribution in [1.82, 2.24) is 5.32 Å². The lowest BCUT2D eigenvalue weighted by atomic mass is 9.94. The van der Waals surface area contributed by atoms with E-state index >= 15 is 0 Å². The molecule has 1 aromatic rings. The van der Waals surface area contributed by atoms with E-state index in [0.29, 0.717) is 12.2 Å². The smallest absolute Gasteiger partial charge is 0.325 e. The molecule has 0 fully saturated rings. The second-order valence-electron chi connectivity index (χ2n) is 5.96. The molecule has 0 saturated heterocycles. The molecule has 0 aliphatic heterocycles. The quantitative estimate of drug-likeness (QED) is 0.595. The van der Waals surface area contributed by atoms with Gasteiger partial charge in [0, 0.05) is 17.3 Å². The molecule has 130 valence electrons. The average molecular weight is 330 g/mol. The van der Waals surface area contributed by atoms with E-state index in [4.69, 9.17) is 4.74 Å². The Morgan fingerprint density at radius 2 is 2.12 bits per heavy atom. The van der Waals surface area contributed by atoms with E-state index in [9.17, 15) is 9.59 Å². The van der Waals surface area contributed by atoms with Gasteiger partial charge in [-0.25, -0.2) is 0 Å². The number of allylic oxidation sites excluding steroid dienone is 1. The fourth-order valence-corrected chi connectivity index (χ4v) is 2.79. The fourth-order valence-electron chi connectivity index (χ4n) is 2.79. The van der Waals surface area contributed by atoms with Crippen molar-refractivity contribution < 1.29 is 14.3 Å². The number of hydrogen-bond acceptors (Lipinski definition) is 4. The number of ether oxygens (including phenoxy) is 1. The van der Waals surface area contributed by atoms with Crippen LogP contribution >= 0.6 is 0 Å². The van der Waals surface area contributed by atoms with Crippen molar-refractivity contribution in [3.63, 3.8) is 0 Å². The fraction of sp³-hybridized carbons (Fsp3) is 0.474. The number of carbonyl (C=O) groups excluding carboxylic acids is 2. The van der Waals surface area contributed by atoms with E-state index in [1.807, 2.05) is 13.0 Å². The average Bonchev–Trinajstić information content (AvgIpc) is 2.61. The van der Waals surface area contributed by atoms with Gasteiger partial charge in [0.1, 0.15) is 6.54 Å². The van der Waals surface area contributed by atoms with Crippen LogP contribution in [0.3, 0.4) is 0 Å². The standard InChI is InChI=1S/C19H26N2O3/c1-3-24-18(22)13-20-17-11-7-10-16(12-17)19(23)21-14(2)15-8-5-4-6-9-15/h7-8,10-12,14,20H,3-6,9,13H2,1-2H3,(H,21,23). The lowest BCUT2D eigenvalue weighted by Gasteiger charge is -2.21. The maximum atomic E-state index is 12.4. The summed E-state index contributed by atoms with van der Waals surface area (Å²) in [7, 11) is 0. The molecule has 2 N–H and O–H groups in total. The molecule has 1 aliphatic rings. The lowest BCUT2D eigenvalue weighted by molar-refractivity contribution is -0.140. The zero-order valence-corrected chi connectivity index (χ0v) is 14.4. The van der Waals surface area contributed by atoms with E-state index in [-0.39, 0.29) is 24.5 Å². The van der Waals surface area contributed by atoms with Crippen LogP contribution in [-0.2, 0) is 9.53 Å². The first-order chi connectivity index (χ1) is 11.6. The number of esters is 1. The molecule has 1 aliphatic carbocycles. The van der Waals surface area contributed by atoms with Crippen LogP contribution in [0.5, 0.6) is 0 Å². The molecule has 1 atom stereocenters. The van der Waals surface area contributed by atoms with Gasteiger partial charge in [0.05, 0.1) is 6.61 Å². The SMILES string of the molecule is CCOC(=O)CNc1cccc(C(=O)NC(C)C2=CCCCC2)c1. The van der Waals surface area contributed by atoms with Crippen molar-refractivity contribution >= 4 is 17.6 Å². The van der Waals surface area contributed by atoms with E-state index < -0.39 is 0 Å². The number of nitrogens with one attached hydrogen (secondary N) is 2. The summed E-state index contributed by atoms with van der Waals surface area (Å²) in [6.07, 6.45) is 6.83. The highest BCUT2D eigenvalue weighted by Crippen LogP contribution is 2.20. The van der Waals surface area contributed by atoms with Crippen molar-refractivity contribution in [1.29, 1.82) is 0 Å². The number of hydrogen-bond donors (Lipinski definition) is 2. The minimum Gasteiger partial charge on any atom is -0.465 e. The summed E-state index contributed by atoms with van der Waals surface area (Å²) in [5.74, 6) is -0.418. The highest BCUT2D eigenvalue weighted by molar-refractivity contribution is 5.95. The molecule has 0 radical (unpaired) electrons. The number of carbonyl (C=O) groups is 2. The topological polar surface area (TPSA) is 67.4 Å². The zero-order chi connectivity index (χ0) is 17.4. The molecule has 1 amide bonds. The molecule has 0 saturated carbocycles. The van der Waals surface area contributed by atoms with E-state index in [2.05, 4.69) is 16.7 Å². The Morgan fingerprint density at radius 1 is 1.29 bits per heavy atom. The van der Waals surface area contributed by atoms with Gasteiger partial charge in [0.15, 0.2) is 0 Å². The molecule has 0 bridgehead atoms. The zero-order valence-electron chi connectivity index (χ0n) is 14.4. The molecular weight excluding hydrogens is 304 g/mol. The maximum Gasteiger partial charge on any atom is 0.325 e. The van der Waals surface area contributed by atoms with Crippen LogP contribution < -0.4 is 10.6 Å². The summed E-state index contributed by atoms with van der Waals surface area (Å²) in [4.78, 5) is 23.8. The molecule has 2 rings (SSSR count). The summed E-state index contributed by atoms with van der Waals surface area (Å²) >= 11 is 0. The number of rotatable bonds is 7. The van der Waals surface area contributed by atoms with E-state index in [1.54, 1.807) is 25.1 Å². The second kappa shape index (κ2) is 9.11. The predicted molar refractivity (Wildman–Crippen MR) is 95.0 cm³/mol. The molecular formula is C19H26N2O3. The maximum absolute atomic E-state index is 12.4. The van der Waals surface area contributed by atoms with Crippen LogP contribution in [0.4, 0.5) is 5.69 Å². The largest absolute Gasteiger partial charge is 0.465 e. The molecule has 1 aromatic carbocycles. The Hall–Kier alpha value is -2.30. The van der Waals surface area contributed by atoms with Crippen molar-refractivity contribution in [3.05, 3.63) is 41.5 Å². The van der Waals surface area contributed by atoms with E-state index in [0.717, 1.165) is 18.5 Å². The van der Waals surface area contributed by atoms with Gasteiger partial charge in [-0.3, -0.25) is 9.59 Å². The lowest BCUT2D eigenvalue weighted by Crippen LogP contribution is -2.34. The summed E-state index contributed by atoms with van der Waals surface area (Å²) in [6, 6.07) is 7.19. The summed E-state index contributed by atoms with van der Waals surface area (Å²) in [5.41, 5.74) is 2.61. The Bertz CT molecular complexity index is 610. The van der Waals surface area contributed by atoms with Gasteiger partial charge >= 0.3 is 5.97 Å². The Kier molecular flexibility index (Phi) is 6.85. The van der Waals surface area contributed by atoms with Gasteiger partial charge in [-0.1, -0.05) is 17.7 Å². The van der Waals surface area contributed by atoms with Gasteiger partial charge in [-0.15, -0.1) is 0 Å². The molecule has 5 nitrogen and oxygen atoms in total. The third-order valence-electron chi connectivity index (χ3n) is 4.10. The molecule has 0 spiro atoms. The van der Waals surface area contributed by atoms with Crippen LogP contribution in [0.25, 0.3) is 0 Å². The summed E-state index contributed by atoms with van der Waals surface area (Å²) in [6.45, 7) is 4.24. The monoisotopic (exact) mass is 330 g/mol. The molecule has 5 heteroatoms. The van der Waals surface area contributed by atoms with Gasteiger partial charge in [0.2, 0.25) is 0 Å². The molecule has 1 unspecified atom stereocenters. The second-order valence-corrected chi connectivity index (χ2v) is 5.96. The highest BCUT2D eigenvalue weighted by Gasteiger charge is 2.15. The van der Waals surface area contributed by atoms with Crippen LogP contribution in [0, 0.1) is 0 Å². The van der Waals surface area contributed by atoms with Crippen molar-refractivity contribution in [2.75, 3.05) is 18.5 Å². The number of benzene rings is 1. The molecule has 0 aromatic heterocycles.